The number of benzene rings is 2. The van der Waals surface area contributed by atoms with Crippen molar-refractivity contribution in [1.82, 2.24) is 9.97 Å². The monoisotopic (exact) mass is 530 g/mol. The van der Waals surface area contributed by atoms with Crippen LogP contribution in [0.2, 0.25) is 0 Å². The Kier molecular flexibility index (Phi) is 12.2. The molecule has 3 aromatic rings. The van der Waals surface area contributed by atoms with Crippen molar-refractivity contribution in [2.24, 2.45) is 0 Å². The molecule has 0 saturated carbocycles. The summed E-state index contributed by atoms with van der Waals surface area (Å²) in [4.78, 5) is 9.20. The Labute approximate surface area is 225 Å². The van der Waals surface area contributed by atoms with Crippen LogP contribution in [-0.4, -0.2) is 23.2 Å². The van der Waals surface area contributed by atoms with Gasteiger partial charge < -0.3 is 9.47 Å². The van der Waals surface area contributed by atoms with Crippen LogP contribution < -0.4 is 9.47 Å². The number of nitrogens with zero attached hydrogens (tertiary/aromatic N) is 2. The van der Waals surface area contributed by atoms with Gasteiger partial charge in [-0.15, -0.1) is 0 Å². The van der Waals surface area contributed by atoms with Gasteiger partial charge in [-0.05, 0) is 25.0 Å². The first-order chi connectivity index (χ1) is 18.4. The van der Waals surface area contributed by atoms with E-state index >= 15 is 0 Å². The highest BCUT2D eigenvalue weighted by Gasteiger charge is 2.30. The number of alkyl halides is 3. The van der Waals surface area contributed by atoms with E-state index in [0.29, 0.717) is 47.0 Å². The minimum atomic E-state index is -4.37. The maximum atomic E-state index is 12.9. The molecule has 0 unspecified atom stereocenters. The van der Waals surface area contributed by atoms with Crippen molar-refractivity contribution < 1.29 is 22.6 Å². The maximum absolute atomic E-state index is 12.9. The largest absolute Gasteiger partial charge is 0.490 e. The number of rotatable bonds is 17. The second-order valence-corrected chi connectivity index (χ2v) is 9.85. The standard InChI is InChI=1S/C31H41F3N2O2/c1-3-5-7-9-11-13-19-37-29-21-26-27(22-30(29)38-20-14-12-10-8-6-4-2)36-28(23-35-26)24-15-17-25(18-16-24)31(32,33)34/h15-18,21-23H,3-14,19-20H2,1-2H3. The van der Waals surface area contributed by atoms with E-state index in [2.05, 4.69) is 23.8 Å². The summed E-state index contributed by atoms with van der Waals surface area (Å²) in [6.45, 7) is 5.63. The summed E-state index contributed by atoms with van der Waals surface area (Å²) in [6.07, 6.45) is 11.4. The van der Waals surface area contributed by atoms with Gasteiger partial charge in [0.1, 0.15) is 0 Å². The van der Waals surface area contributed by atoms with Gasteiger partial charge in [0.15, 0.2) is 11.5 Å². The Hall–Kier alpha value is -2.83. The predicted molar refractivity (Wildman–Crippen MR) is 148 cm³/mol. The van der Waals surface area contributed by atoms with Gasteiger partial charge in [-0.2, -0.15) is 13.2 Å². The van der Waals surface area contributed by atoms with Crippen LogP contribution in [-0.2, 0) is 6.18 Å². The molecule has 0 aliphatic heterocycles. The van der Waals surface area contributed by atoms with Crippen LogP contribution in [0.5, 0.6) is 11.5 Å². The molecule has 0 N–H and O–H groups in total. The van der Waals surface area contributed by atoms with E-state index in [1.165, 1.54) is 63.5 Å². The molecule has 208 valence electrons. The van der Waals surface area contributed by atoms with Gasteiger partial charge in [0, 0.05) is 17.7 Å². The highest BCUT2D eigenvalue weighted by atomic mass is 19.4. The summed E-state index contributed by atoms with van der Waals surface area (Å²) in [5, 5.41) is 0. The fourth-order valence-electron chi connectivity index (χ4n) is 4.34. The van der Waals surface area contributed by atoms with E-state index in [0.717, 1.165) is 37.8 Å². The molecular weight excluding hydrogens is 489 g/mol. The summed E-state index contributed by atoms with van der Waals surface area (Å²) in [6, 6.07) is 8.67. The minimum Gasteiger partial charge on any atom is -0.490 e. The quantitative estimate of drug-likeness (QED) is 0.163. The van der Waals surface area contributed by atoms with Crippen LogP contribution in [0.4, 0.5) is 13.2 Å². The van der Waals surface area contributed by atoms with Crippen LogP contribution in [0.15, 0.2) is 42.6 Å². The first-order valence-electron chi connectivity index (χ1n) is 14.2. The van der Waals surface area contributed by atoms with E-state index in [1.54, 1.807) is 6.20 Å². The van der Waals surface area contributed by atoms with Crippen molar-refractivity contribution >= 4 is 11.0 Å². The Morgan fingerprint density at radius 1 is 0.658 bits per heavy atom. The van der Waals surface area contributed by atoms with Crippen LogP contribution in [0.25, 0.3) is 22.3 Å². The summed E-state index contributed by atoms with van der Waals surface area (Å²) >= 11 is 0. The molecule has 0 bridgehead atoms. The van der Waals surface area contributed by atoms with Crippen molar-refractivity contribution in [2.75, 3.05) is 13.2 Å². The molecule has 0 atom stereocenters. The van der Waals surface area contributed by atoms with E-state index in [-0.39, 0.29) is 0 Å². The Bertz CT molecular complexity index is 1100. The molecule has 1 aromatic heterocycles. The third-order valence-corrected chi connectivity index (χ3v) is 6.63. The fraction of sp³-hybridized carbons (Fsp3) is 0.548. The number of unbranched alkanes of at least 4 members (excludes halogenated alkanes) is 10. The van der Waals surface area contributed by atoms with Gasteiger partial charge in [-0.1, -0.05) is 90.2 Å². The zero-order valence-electron chi connectivity index (χ0n) is 22.8. The number of hydrogen-bond acceptors (Lipinski definition) is 4. The molecule has 0 spiro atoms. The zero-order chi connectivity index (χ0) is 27.2. The summed E-state index contributed by atoms with van der Waals surface area (Å²) in [5.74, 6) is 1.30. The summed E-state index contributed by atoms with van der Waals surface area (Å²) in [5.41, 5.74) is 1.67. The Morgan fingerprint density at radius 2 is 1.16 bits per heavy atom. The molecule has 1 heterocycles. The molecule has 0 amide bonds. The fourth-order valence-corrected chi connectivity index (χ4v) is 4.34. The lowest BCUT2D eigenvalue weighted by Crippen LogP contribution is -2.04. The normalized spacial score (nSPS) is 11.7. The average Bonchev–Trinajstić information content (AvgIpc) is 2.91. The van der Waals surface area contributed by atoms with Crippen LogP contribution in [0, 0.1) is 0 Å². The number of aromatic nitrogens is 2. The van der Waals surface area contributed by atoms with E-state index in [4.69, 9.17) is 9.47 Å². The van der Waals surface area contributed by atoms with Crippen molar-refractivity contribution in [3.05, 3.63) is 48.2 Å². The van der Waals surface area contributed by atoms with Crippen LogP contribution in [0.1, 0.15) is 96.5 Å². The SMILES string of the molecule is CCCCCCCCOc1cc2ncc(-c3ccc(C(F)(F)F)cc3)nc2cc1OCCCCCCCC. The average molecular weight is 531 g/mol. The van der Waals surface area contributed by atoms with Crippen LogP contribution >= 0.6 is 0 Å². The van der Waals surface area contributed by atoms with E-state index < -0.39 is 11.7 Å². The van der Waals surface area contributed by atoms with Gasteiger partial charge in [0.25, 0.3) is 0 Å². The van der Waals surface area contributed by atoms with Crippen molar-refractivity contribution in [2.45, 2.75) is 97.1 Å². The minimum absolute atomic E-state index is 0.508. The van der Waals surface area contributed by atoms with E-state index in [9.17, 15) is 13.2 Å². The molecule has 4 nitrogen and oxygen atoms in total. The first-order valence-corrected chi connectivity index (χ1v) is 14.2. The van der Waals surface area contributed by atoms with Gasteiger partial charge in [-0.25, -0.2) is 4.98 Å². The maximum Gasteiger partial charge on any atom is 0.416 e. The first kappa shape index (κ1) is 29.7. The number of ether oxygens (including phenoxy) is 2. The van der Waals surface area contributed by atoms with Gasteiger partial charge in [-0.3, -0.25) is 4.98 Å². The van der Waals surface area contributed by atoms with Gasteiger partial charge in [0.05, 0.1) is 41.7 Å². The Balaban J connectivity index is 1.72. The number of fused-ring (bicyclic) bond motifs is 1. The van der Waals surface area contributed by atoms with Gasteiger partial charge >= 0.3 is 6.18 Å². The lowest BCUT2D eigenvalue weighted by molar-refractivity contribution is -0.137. The second kappa shape index (κ2) is 15.6. The molecule has 2 aromatic carbocycles. The molecule has 0 aliphatic rings. The number of hydrogen-bond donors (Lipinski definition) is 0. The molecule has 0 radical (unpaired) electrons. The lowest BCUT2D eigenvalue weighted by Gasteiger charge is -2.14. The molecule has 3 rings (SSSR count). The zero-order valence-corrected chi connectivity index (χ0v) is 22.8. The Morgan fingerprint density at radius 3 is 1.68 bits per heavy atom. The smallest absolute Gasteiger partial charge is 0.416 e. The topological polar surface area (TPSA) is 44.2 Å². The highest BCUT2D eigenvalue weighted by molar-refractivity contribution is 5.81. The molecule has 7 heteroatoms. The summed E-state index contributed by atoms with van der Waals surface area (Å²) in [7, 11) is 0. The third kappa shape index (κ3) is 9.48. The molecule has 38 heavy (non-hydrogen) atoms. The van der Waals surface area contributed by atoms with Crippen molar-refractivity contribution in [3.63, 3.8) is 0 Å². The lowest BCUT2D eigenvalue weighted by atomic mass is 10.1. The molecule has 0 fully saturated rings. The second-order valence-electron chi connectivity index (χ2n) is 9.85. The summed E-state index contributed by atoms with van der Waals surface area (Å²) < 4.78 is 51.1. The highest BCUT2D eigenvalue weighted by Crippen LogP contribution is 2.34. The molecule has 0 aliphatic carbocycles. The third-order valence-electron chi connectivity index (χ3n) is 6.63. The predicted octanol–water partition coefficient (Wildman–Crippen LogP) is 9.79. The molecular formula is C31H41F3N2O2. The van der Waals surface area contributed by atoms with Crippen molar-refractivity contribution in [3.8, 4) is 22.8 Å². The van der Waals surface area contributed by atoms with Gasteiger partial charge in [0.2, 0.25) is 0 Å². The van der Waals surface area contributed by atoms with Crippen molar-refractivity contribution in [1.29, 1.82) is 0 Å². The molecule has 0 saturated heterocycles. The van der Waals surface area contributed by atoms with E-state index in [1.807, 2.05) is 12.1 Å². The van der Waals surface area contributed by atoms with Crippen LogP contribution in [0.3, 0.4) is 0 Å². The number of halogens is 3.